The van der Waals surface area contributed by atoms with Crippen molar-refractivity contribution in [3.63, 3.8) is 0 Å². The highest BCUT2D eigenvalue weighted by atomic mass is 19.4. The largest absolute Gasteiger partial charge is 0.489 e. The summed E-state index contributed by atoms with van der Waals surface area (Å²) in [6.45, 7) is -0.289. The summed E-state index contributed by atoms with van der Waals surface area (Å²) in [7, 11) is 1.45. The van der Waals surface area contributed by atoms with E-state index in [2.05, 4.69) is 15.3 Å². The van der Waals surface area contributed by atoms with E-state index in [-0.39, 0.29) is 34.7 Å². The molecule has 1 aliphatic rings. The molecule has 14 heteroatoms. The fourth-order valence-corrected chi connectivity index (χ4v) is 4.61. The van der Waals surface area contributed by atoms with Crippen LogP contribution >= 0.6 is 0 Å². The molecule has 0 bridgehead atoms. The number of aromatic nitrogens is 3. The Bertz CT molecular complexity index is 1760. The zero-order chi connectivity index (χ0) is 29.9. The van der Waals surface area contributed by atoms with Crippen LogP contribution in [-0.2, 0) is 22.9 Å². The van der Waals surface area contributed by atoms with E-state index in [1.807, 2.05) is 0 Å². The number of nitrogens with two attached hydrogens (primary N) is 1. The lowest BCUT2D eigenvalue weighted by Gasteiger charge is -2.31. The van der Waals surface area contributed by atoms with Crippen LogP contribution in [0.4, 0.5) is 17.6 Å². The molecule has 0 fully saturated rings. The minimum absolute atomic E-state index is 0.0411. The molecular formula is C27H23F4N5O5. The van der Waals surface area contributed by atoms with Crippen molar-refractivity contribution in [2.75, 3.05) is 13.2 Å². The van der Waals surface area contributed by atoms with Crippen LogP contribution in [0.2, 0.25) is 0 Å². The van der Waals surface area contributed by atoms with Gasteiger partial charge in [-0.1, -0.05) is 0 Å². The summed E-state index contributed by atoms with van der Waals surface area (Å²) >= 11 is 0. The van der Waals surface area contributed by atoms with E-state index in [9.17, 15) is 37.1 Å². The Morgan fingerprint density at radius 1 is 1.20 bits per heavy atom. The van der Waals surface area contributed by atoms with Crippen LogP contribution in [0.25, 0.3) is 22.3 Å². The molecule has 1 unspecified atom stereocenters. The Morgan fingerprint density at radius 3 is 2.51 bits per heavy atom. The lowest BCUT2D eigenvalue weighted by molar-refractivity contribution is -0.265. The van der Waals surface area contributed by atoms with Crippen molar-refractivity contribution in [1.82, 2.24) is 19.9 Å². The Hall–Kier alpha value is -4.72. The molecule has 3 heterocycles. The summed E-state index contributed by atoms with van der Waals surface area (Å²) in [4.78, 5) is 43.7. The maximum atomic E-state index is 14.5. The Balaban J connectivity index is 1.59. The van der Waals surface area contributed by atoms with Crippen LogP contribution in [0.1, 0.15) is 28.5 Å². The van der Waals surface area contributed by atoms with Gasteiger partial charge < -0.3 is 25.9 Å². The highest BCUT2D eigenvalue weighted by molar-refractivity contribution is 5.97. The Labute approximate surface area is 228 Å². The lowest BCUT2D eigenvalue weighted by atomic mass is 9.81. The molecule has 10 nitrogen and oxygen atoms in total. The Morgan fingerprint density at radius 2 is 1.88 bits per heavy atom. The lowest BCUT2D eigenvalue weighted by Crippen LogP contribution is -2.51. The van der Waals surface area contributed by atoms with Gasteiger partial charge in [-0.3, -0.25) is 14.2 Å². The summed E-state index contributed by atoms with van der Waals surface area (Å²) in [5.74, 6) is -2.51. The van der Waals surface area contributed by atoms with Gasteiger partial charge in [0.2, 0.25) is 11.5 Å². The van der Waals surface area contributed by atoms with Crippen molar-refractivity contribution in [2.45, 2.75) is 24.1 Å². The fraction of sp³-hybridized carbons (Fsp3) is 0.259. The van der Waals surface area contributed by atoms with E-state index in [0.29, 0.717) is 11.0 Å². The summed E-state index contributed by atoms with van der Waals surface area (Å²) in [6, 6.07) is 9.54. The average Bonchev–Trinajstić information content (AvgIpc) is 3.42. The Kier molecular flexibility index (Phi) is 6.41. The monoisotopic (exact) mass is 573 g/mol. The third kappa shape index (κ3) is 4.49. The first kappa shape index (κ1) is 27.8. The quantitative estimate of drug-likeness (QED) is 0.260. The zero-order valence-electron chi connectivity index (χ0n) is 21.6. The van der Waals surface area contributed by atoms with Crippen molar-refractivity contribution in [2.24, 2.45) is 12.8 Å². The highest BCUT2D eigenvalue weighted by Gasteiger charge is 2.57. The van der Waals surface area contributed by atoms with Crippen LogP contribution in [-0.4, -0.2) is 50.8 Å². The van der Waals surface area contributed by atoms with Crippen LogP contribution in [0.5, 0.6) is 5.75 Å². The number of carbonyl (C=O) groups is 2. The molecule has 0 aliphatic carbocycles. The summed E-state index contributed by atoms with van der Waals surface area (Å²) in [5.41, 5.74) is -0.543. The maximum absolute atomic E-state index is 14.5. The van der Waals surface area contributed by atoms with Crippen LogP contribution in [0, 0.1) is 5.82 Å². The van der Waals surface area contributed by atoms with E-state index >= 15 is 0 Å². The van der Waals surface area contributed by atoms with Gasteiger partial charge in [-0.15, -0.1) is 0 Å². The number of alkyl halides is 3. The van der Waals surface area contributed by atoms with E-state index in [0.717, 1.165) is 18.2 Å². The van der Waals surface area contributed by atoms with Gasteiger partial charge in [-0.2, -0.15) is 13.2 Å². The van der Waals surface area contributed by atoms with Crippen LogP contribution < -0.4 is 21.5 Å². The van der Waals surface area contributed by atoms with Crippen molar-refractivity contribution >= 4 is 22.8 Å². The van der Waals surface area contributed by atoms with E-state index in [1.165, 1.54) is 48.9 Å². The summed E-state index contributed by atoms with van der Waals surface area (Å²) in [6.07, 6.45) is -5.36. The molecule has 0 saturated heterocycles. The number of primary amides is 1. The van der Waals surface area contributed by atoms with Gasteiger partial charge in [0.15, 0.2) is 0 Å². The van der Waals surface area contributed by atoms with Crippen LogP contribution in [0.3, 0.4) is 0 Å². The number of aliphatic hydroxyl groups is 1. The number of amides is 2. The van der Waals surface area contributed by atoms with Gasteiger partial charge in [0.1, 0.15) is 29.3 Å². The first-order chi connectivity index (χ1) is 19.2. The number of hydrogen-bond acceptors (Lipinski definition) is 6. The van der Waals surface area contributed by atoms with Crippen LogP contribution in [0.15, 0.2) is 53.3 Å². The predicted molar refractivity (Wildman–Crippen MR) is 137 cm³/mol. The SMILES string of the molecule is Cn1c(=O)[nH]c2ccc(C(=O)NCC(O)(c3cc4c(c(-c5ccc(F)cc5)n3)OC[C@]4(C)C(N)=O)C(F)(F)F)cc21. The first-order valence-electron chi connectivity index (χ1n) is 12.2. The number of aryl methyl sites for hydroxylation is 1. The van der Waals surface area contributed by atoms with Crippen molar-refractivity contribution < 1.29 is 37.0 Å². The number of halogens is 4. The standard InChI is InChI=1S/C27H23F4N5O5/c1-25(23(32)38)12-41-21-16(25)10-19(35-20(21)13-3-6-15(28)7-4-13)26(40,27(29,30)31)11-33-22(37)14-5-8-17-18(9-14)36(2)24(39)34-17/h3-10,40H,11-12H2,1-2H3,(H2,32,38)(H,33,37)(H,34,39)/t25-,26?/m0/s1. The first-order valence-corrected chi connectivity index (χ1v) is 12.2. The topological polar surface area (TPSA) is 152 Å². The third-order valence-corrected chi connectivity index (χ3v) is 7.30. The molecule has 41 heavy (non-hydrogen) atoms. The summed E-state index contributed by atoms with van der Waals surface area (Å²) < 4.78 is 64.1. The number of benzene rings is 2. The molecule has 2 atom stereocenters. The van der Waals surface area contributed by atoms with E-state index in [4.69, 9.17) is 10.5 Å². The smallest absolute Gasteiger partial charge is 0.424 e. The predicted octanol–water partition coefficient (Wildman–Crippen LogP) is 2.38. The number of carbonyl (C=O) groups excluding carboxylic acids is 2. The second kappa shape index (κ2) is 9.44. The van der Waals surface area contributed by atoms with Gasteiger partial charge in [0.05, 0.1) is 23.3 Å². The molecule has 5 N–H and O–H groups in total. The number of imidazole rings is 1. The fourth-order valence-electron chi connectivity index (χ4n) is 4.61. The number of nitrogens with one attached hydrogen (secondary N) is 2. The minimum Gasteiger partial charge on any atom is -0.489 e. The molecule has 5 rings (SSSR count). The number of hydrogen-bond donors (Lipinski definition) is 4. The molecule has 4 aromatic rings. The number of fused-ring (bicyclic) bond motifs is 2. The van der Waals surface area contributed by atoms with Gasteiger partial charge >= 0.3 is 11.9 Å². The number of ether oxygens (including phenoxy) is 1. The molecule has 0 spiro atoms. The zero-order valence-corrected chi connectivity index (χ0v) is 21.6. The molecule has 0 radical (unpaired) electrons. The minimum atomic E-state index is -5.36. The number of rotatable bonds is 6. The number of pyridine rings is 1. The molecule has 2 amide bonds. The molecule has 0 saturated carbocycles. The van der Waals surface area contributed by atoms with Crippen molar-refractivity contribution in [3.05, 3.63) is 81.7 Å². The van der Waals surface area contributed by atoms with Gasteiger partial charge in [0.25, 0.3) is 5.91 Å². The van der Waals surface area contributed by atoms with E-state index < -0.39 is 52.8 Å². The van der Waals surface area contributed by atoms with Gasteiger partial charge in [-0.25, -0.2) is 14.2 Å². The molecular weight excluding hydrogens is 550 g/mol. The number of aromatic amines is 1. The number of nitrogens with zero attached hydrogens (tertiary/aromatic N) is 2. The van der Waals surface area contributed by atoms with E-state index in [1.54, 1.807) is 0 Å². The summed E-state index contributed by atoms with van der Waals surface area (Å²) in [5, 5.41) is 13.2. The van der Waals surface area contributed by atoms with Gasteiger partial charge in [0, 0.05) is 23.7 Å². The highest BCUT2D eigenvalue weighted by Crippen LogP contribution is 2.47. The maximum Gasteiger partial charge on any atom is 0.424 e. The van der Waals surface area contributed by atoms with Crippen molar-refractivity contribution in [3.8, 4) is 17.0 Å². The second-order valence-corrected chi connectivity index (χ2v) is 9.99. The average molecular weight is 574 g/mol. The normalized spacial score (nSPS) is 18.0. The number of H-pyrrole nitrogens is 1. The van der Waals surface area contributed by atoms with Gasteiger partial charge in [-0.05, 0) is 55.5 Å². The van der Waals surface area contributed by atoms with Crippen molar-refractivity contribution in [1.29, 1.82) is 0 Å². The third-order valence-electron chi connectivity index (χ3n) is 7.30. The molecule has 1 aliphatic heterocycles. The molecule has 214 valence electrons. The molecule has 2 aromatic heterocycles. The second-order valence-electron chi connectivity index (χ2n) is 9.99. The molecule has 2 aromatic carbocycles.